The van der Waals surface area contributed by atoms with Crippen LogP contribution in [0.2, 0.25) is 0 Å². The van der Waals surface area contributed by atoms with Crippen LogP contribution in [-0.2, 0) is 33.6 Å². The Labute approximate surface area is 76.6 Å². The van der Waals surface area contributed by atoms with Gasteiger partial charge in [0, 0.05) is 77.2 Å². The van der Waals surface area contributed by atoms with Gasteiger partial charge in [-0.3, -0.25) is 0 Å². The summed E-state index contributed by atoms with van der Waals surface area (Å²) in [5.41, 5.74) is 0. The van der Waals surface area contributed by atoms with Crippen LogP contribution in [0.25, 0.3) is 0 Å². The Morgan fingerprint density at radius 1 is 1.00 bits per heavy atom. The summed E-state index contributed by atoms with van der Waals surface area (Å²) in [6.45, 7) is 0. The molecule has 25 valence electrons. The number of rotatable bonds is 0. The second-order valence-corrected chi connectivity index (χ2v) is 0. The molecule has 0 aliphatic rings. The van der Waals surface area contributed by atoms with Gasteiger partial charge in [0.25, 0.3) is 0 Å². The zero-order chi connectivity index (χ0) is 0. The average Bonchev–Trinajstić information content (AvgIpc) is 0. The molecule has 0 fully saturated rings. The molecular weight excluding hydrogens is 160 g/mol. The molecule has 0 rings (SSSR count). The predicted molar refractivity (Wildman–Crippen MR) is 14.8 cm³/mol. The largest absolute Gasteiger partial charge is 0 e. The smallest absolute Gasteiger partial charge is 0 e. The molecule has 0 saturated heterocycles. The van der Waals surface area contributed by atoms with Crippen molar-refractivity contribution >= 4 is 36.2 Å². The van der Waals surface area contributed by atoms with Gasteiger partial charge in [-0.25, -0.2) is 0 Å². The van der Waals surface area contributed by atoms with E-state index in [0.717, 1.165) is 0 Å². The summed E-state index contributed by atoms with van der Waals surface area (Å²) < 4.78 is 0. The van der Waals surface area contributed by atoms with E-state index in [0.29, 0.717) is 0 Å². The topological polar surface area (TPSA) is 0 Å². The molecule has 0 bridgehead atoms. The van der Waals surface area contributed by atoms with Crippen LogP contribution in [0.1, 0.15) is 0 Å². The Kier molecular flexibility index (Phi) is 415. The monoisotopic (exact) mass is 159 g/mol. The standard InChI is InChI=1S/C.Al.Li.Mn.Ni. The van der Waals surface area contributed by atoms with Crippen molar-refractivity contribution in [2.75, 3.05) is 0 Å². The third-order valence-electron chi connectivity index (χ3n) is 0. The van der Waals surface area contributed by atoms with E-state index in [2.05, 4.69) is 0 Å². The fraction of sp³-hybridized carbons (Fsp3) is 0. The summed E-state index contributed by atoms with van der Waals surface area (Å²) in [5.74, 6) is 0. The molecule has 0 amide bonds. The van der Waals surface area contributed by atoms with Crippen molar-refractivity contribution in [1.82, 2.24) is 0 Å². The second kappa shape index (κ2) is 35.4. The van der Waals surface area contributed by atoms with Gasteiger partial charge in [-0.1, -0.05) is 0 Å². The quantitative estimate of drug-likeness (QED) is 0.411. The molecule has 0 N–H and O–H groups in total. The number of hydrogen-bond acceptors (Lipinski definition) is 0. The molecule has 9 radical (unpaired) electrons. The zero-order valence-corrected chi connectivity index (χ0v) is 6.09. The molecule has 0 aromatic carbocycles. The van der Waals surface area contributed by atoms with E-state index in [-0.39, 0.29) is 77.2 Å². The minimum atomic E-state index is 0. The summed E-state index contributed by atoms with van der Waals surface area (Å²) in [6.07, 6.45) is 0. The van der Waals surface area contributed by atoms with Crippen LogP contribution in [0.5, 0.6) is 0 Å². The maximum Gasteiger partial charge on any atom is 0 e. The van der Waals surface area contributed by atoms with Crippen LogP contribution in [0.15, 0.2) is 0 Å². The summed E-state index contributed by atoms with van der Waals surface area (Å²) in [4.78, 5) is 0. The Bertz CT molecular complexity index is 11.6. The molecule has 0 aliphatic heterocycles. The van der Waals surface area contributed by atoms with Gasteiger partial charge < -0.3 is 0 Å². The molecule has 0 saturated carbocycles. The fourth-order valence-corrected chi connectivity index (χ4v) is 0. The van der Waals surface area contributed by atoms with Crippen molar-refractivity contribution in [2.24, 2.45) is 0 Å². The van der Waals surface area contributed by atoms with E-state index >= 15 is 0 Å². The third-order valence-corrected chi connectivity index (χ3v) is 0. The molecule has 4 heteroatoms. The van der Waals surface area contributed by atoms with Gasteiger partial charge in [0.2, 0.25) is 0 Å². The van der Waals surface area contributed by atoms with Crippen molar-refractivity contribution in [1.29, 1.82) is 0 Å². The van der Waals surface area contributed by atoms with Gasteiger partial charge in [0.1, 0.15) is 0 Å². The first kappa shape index (κ1) is 58.7. The molecule has 0 aromatic heterocycles. The van der Waals surface area contributed by atoms with Crippen molar-refractivity contribution in [3.8, 4) is 0 Å². The van der Waals surface area contributed by atoms with Crippen LogP contribution in [0, 0.1) is 7.43 Å². The first-order valence-electron chi connectivity index (χ1n) is 0. The van der Waals surface area contributed by atoms with Crippen LogP contribution in [0.3, 0.4) is 0 Å². The molecule has 0 nitrogen and oxygen atoms in total. The average molecular weight is 160 g/mol. The van der Waals surface area contributed by atoms with E-state index in [1.54, 1.807) is 0 Å². The summed E-state index contributed by atoms with van der Waals surface area (Å²) in [5, 5.41) is 0. The van der Waals surface area contributed by atoms with E-state index in [1.165, 1.54) is 0 Å². The minimum absolute atomic E-state index is 0. The first-order valence-corrected chi connectivity index (χ1v) is 0. The van der Waals surface area contributed by atoms with Crippen molar-refractivity contribution in [3.05, 3.63) is 7.43 Å². The van der Waals surface area contributed by atoms with Crippen LogP contribution in [0.4, 0.5) is 0 Å². The summed E-state index contributed by atoms with van der Waals surface area (Å²) in [7, 11) is 0. The van der Waals surface area contributed by atoms with E-state index < -0.39 is 0 Å². The normalized spacial score (nSPS) is 0. The van der Waals surface area contributed by atoms with Crippen LogP contribution < -0.4 is 0 Å². The van der Waals surface area contributed by atoms with Crippen LogP contribution in [-0.4, -0.2) is 36.2 Å². The molecule has 0 aromatic rings. The molecule has 0 atom stereocenters. The zero-order valence-electron chi connectivity index (χ0n) is 2.77. The third kappa shape index (κ3) is 23.0. The van der Waals surface area contributed by atoms with Crippen LogP contribution >= 0.6 is 0 Å². The van der Waals surface area contributed by atoms with Gasteiger partial charge in [-0.2, -0.15) is 0 Å². The van der Waals surface area contributed by atoms with Gasteiger partial charge in [0.05, 0.1) is 0 Å². The minimum Gasteiger partial charge on any atom is 0 e. The molecule has 0 unspecified atom stereocenters. The predicted octanol–water partition coefficient (Wildman–Crippen LogP) is -0.685. The van der Waals surface area contributed by atoms with Crippen molar-refractivity contribution in [3.63, 3.8) is 0 Å². The molecule has 0 spiro atoms. The van der Waals surface area contributed by atoms with Gasteiger partial charge >= 0.3 is 0 Å². The van der Waals surface area contributed by atoms with Gasteiger partial charge in [-0.05, 0) is 0 Å². The van der Waals surface area contributed by atoms with E-state index in [4.69, 9.17) is 0 Å². The Morgan fingerprint density at radius 3 is 1.00 bits per heavy atom. The molecule has 0 heterocycles. The molecular formula is CAlLiMnNi. The SMILES string of the molecule is [Al].[C].[Li].[Mn].[Ni]. The summed E-state index contributed by atoms with van der Waals surface area (Å²) in [6, 6.07) is 0. The molecule has 5 heavy (non-hydrogen) atoms. The van der Waals surface area contributed by atoms with Gasteiger partial charge in [-0.15, -0.1) is 0 Å². The maximum atomic E-state index is 0. The van der Waals surface area contributed by atoms with E-state index in [1.807, 2.05) is 0 Å². The Morgan fingerprint density at radius 2 is 1.00 bits per heavy atom. The fourth-order valence-electron chi connectivity index (χ4n) is 0. The van der Waals surface area contributed by atoms with Crippen molar-refractivity contribution in [2.45, 2.75) is 0 Å². The molecule has 0 aliphatic carbocycles. The Balaban J connectivity index is 0. The maximum absolute atomic E-state index is 0. The first-order chi connectivity index (χ1) is 0. The van der Waals surface area contributed by atoms with E-state index in [9.17, 15) is 0 Å². The Hall–Kier alpha value is 2.14. The second-order valence-electron chi connectivity index (χ2n) is 0. The van der Waals surface area contributed by atoms with Gasteiger partial charge in [0.15, 0.2) is 0 Å². The summed E-state index contributed by atoms with van der Waals surface area (Å²) >= 11 is 0. The number of hydrogen-bond donors (Lipinski definition) is 0. The van der Waals surface area contributed by atoms with Crippen molar-refractivity contribution < 1.29 is 33.6 Å².